The van der Waals surface area contributed by atoms with Crippen molar-refractivity contribution < 1.29 is 4.74 Å². The summed E-state index contributed by atoms with van der Waals surface area (Å²) in [5, 5.41) is 0. The maximum Gasteiger partial charge on any atom is 0.0687 e. The zero-order valence-corrected chi connectivity index (χ0v) is 13.1. The maximum atomic E-state index is 6.35. The van der Waals surface area contributed by atoms with Crippen LogP contribution in [-0.2, 0) is 4.74 Å². The normalized spacial score (nSPS) is 26.2. The van der Waals surface area contributed by atoms with Crippen LogP contribution in [0.3, 0.4) is 0 Å². The smallest absolute Gasteiger partial charge is 0.0687 e. The van der Waals surface area contributed by atoms with Crippen molar-refractivity contribution in [3.05, 3.63) is 29.8 Å². The zero-order valence-electron chi connectivity index (χ0n) is 12.3. The van der Waals surface area contributed by atoms with E-state index in [0.717, 1.165) is 5.75 Å². The molecule has 3 heteroatoms. The van der Waals surface area contributed by atoms with Crippen LogP contribution in [0.25, 0.3) is 0 Å². The third-order valence-corrected chi connectivity index (χ3v) is 5.84. The molecule has 1 aromatic carbocycles. The van der Waals surface area contributed by atoms with Crippen LogP contribution in [0.15, 0.2) is 29.2 Å². The van der Waals surface area contributed by atoms with E-state index in [0.29, 0.717) is 6.10 Å². The fourth-order valence-corrected chi connectivity index (χ4v) is 4.40. The summed E-state index contributed by atoms with van der Waals surface area (Å²) in [6.07, 6.45) is 8.27. The fourth-order valence-electron chi connectivity index (χ4n) is 3.46. The van der Waals surface area contributed by atoms with Crippen molar-refractivity contribution >= 4 is 11.8 Å². The van der Waals surface area contributed by atoms with Gasteiger partial charge >= 0.3 is 0 Å². The monoisotopic (exact) mass is 291 g/mol. The lowest BCUT2D eigenvalue weighted by Crippen LogP contribution is -2.25. The summed E-state index contributed by atoms with van der Waals surface area (Å²) in [7, 11) is 0. The first-order valence-corrected chi connectivity index (χ1v) is 8.82. The van der Waals surface area contributed by atoms with E-state index in [1.54, 1.807) is 0 Å². The number of hydrogen-bond acceptors (Lipinski definition) is 3. The Hall–Kier alpha value is -0.510. The highest BCUT2D eigenvalue weighted by Crippen LogP contribution is 2.44. The first kappa shape index (κ1) is 14.4. The highest BCUT2D eigenvalue weighted by molar-refractivity contribution is 7.99. The van der Waals surface area contributed by atoms with Gasteiger partial charge in [-0.25, -0.2) is 0 Å². The second-order valence-electron chi connectivity index (χ2n) is 6.34. The van der Waals surface area contributed by atoms with Crippen molar-refractivity contribution in [1.82, 2.24) is 0 Å². The molecule has 2 aliphatic rings. The van der Waals surface area contributed by atoms with Gasteiger partial charge in [0.25, 0.3) is 0 Å². The van der Waals surface area contributed by atoms with Crippen LogP contribution >= 0.6 is 11.8 Å². The second-order valence-corrected chi connectivity index (χ2v) is 7.43. The van der Waals surface area contributed by atoms with E-state index >= 15 is 0 Å². The van der Waals surface area contributed by atoms with E-state index in [1.165, 1.54) is 49.0 Å². The van der Waals surface area contributed by atoms with Gasteiger partial charge in [0.05, 0.1) is 11.7 Å². The molecule has 0 bridgehead atoms. The van der Waals surface area contributed by atoms with Gasteiger partial charge in [-0.2, -0.15) is 0 Å². The molecule has 2 atom stereocenters. The molecule has 1 spiro atoms. The highest BCUT2D eigenvalue weighted by Gasteiger charge is 2.41. The zero-order chi connectivity index (χ0) is 14.0. The number of nitrogens with two attached hydrogens (primary N) is 1. The van der Waals surface area contributed by atoms with Gasteiger partial charge in [0, 0.05) is 16.7 Å². The van der Waals surface area contributed by atoms with Crippen molar-refractivity contribution in [3.8, 4) is 0 Å². The van der Waals surface area contributed by atoms with Gasteiger partial charge in [-0.15, -0.1) is 11.8 Å². The first-order chi connectivity index (χ1) is 9.67. The summed E-state index contributed by atoms with van der Waals surface area (Å²) in [6.45, 7) is 2.02. The van der Waals surface area contributed by atoms with Crippen LogP contribution in [0.2, 0.25) is 0 Å². The summed E-state index contributed by atoms with van der Waals surface area (Å²) < 4.78 is 6.35. The van der Waals surface area contributed by atoms with Crippen LogP contribution in [0, 0.1) is 0 Å². The number of benzene rings is 1. The lowest BCUT2D eigenvalue weighted by molar-refractivity contribution is -0.0267. The van der Waals surface area contributed by atoms with Gasteiger partial charge in [0.1, 0.15) is 0 Å². The van der Waals surface area contributed by atoms with Crippen molar-refractivity contribution in [2.45, 2.75) is 68.1 Å². The lowest BCUT2D eigenvalue weighted by atomic mass is 9.98. The molecule has 2 fully saturated rings. The molecule has 0 amide bonds. The summed E-state index contributed by atoms with van der Waals surface area (Å²) in [4.78, 5) is 1.32. The molecule has 2 unspecified atom stereocenters. The Kier molecular flexibility index (Phi) is 4.39. The van der Waals surface area contributed by atoms with Gasteiger partial charge in [-0.3, -0.25) is 0 Å². The minimum absolute atomic E-state index is 0.120. The van der Waals surface area contributed by atoms with Gasteiger partial charge in [-0.05, 0) is 50.3 Å². The van der Waals surface area contributed by atoms with E-state index in [4.69, 9.17) is 10.5 Å². The van der Waals surface area contributed by atoms with Crippen molar-refractivity contribution in [1.29, 1.82) is 0 Å². The molecular formula is C17H25NOS. The highest BCUT2D eigenvalue weighted by atomic mass is 32.2. The third kappa shape index (κ3) is 3.21. The summed E-state index contributed by atoms with van der Waals surface area (Å²) in [5.41, 5.74) is 7.35. The van der Waals surface area contributed by atoms with Crippen LogP contribution in [0.1, 0.15) is 57.1 Å². The van der Waals surface area contributed by atoms with E-state index in [9.17, 15) is 0 Å². The number of rotatable bonds is 4. The molecule has 20 heavy (non-hydrogen) atoms. The standard InChI is InChI=1S/C17H25NOS/c1-13(18)14-4-6-16(7-5-14)20-12-15-8-11-17(19-15)9-2-3-10-17/h4-7,13,15H,2-3,8-12,18H2,1H3. The van der Waals surface area contributed by atoms with Crippen LogP contribution in [-0.4, -0.2) is 17.5 Å². The molecule has 110 valence electrons. The molecule has 1 aliphatic heterocycles. The molecule has 1 aliphatic carbocycles. The van der Waals surface area contributed by atoms with E-state index in [2.05, 4.69) is 24.3 Å². The summed E-state index contributed by atoms with van der Waals surface area (Å²) in [5.74, 6) is 1.08. The number of hydrogen-bond donors (Lipinski definition) is 1. The van der Waals surface area contributed by atoms with Gasteiger partial charge < -0.3 is 10.5 Å². The Morgan fingerprint density at radius 1 is 1.25 bits per heavy atom. The molecule has 0 aromatic heterocycles. The molecule has 1 aromatic rings. The minimum atomic E-state index is 0.120. The maximum absolute atomic E-state index is 6.35. The van der Waals surface area contributed by atoms with Crippen molar-refractivity contribution in [2.24, 2.45) is 5.73 Å². The summed E-state index contributed by atoms with van der Waals surface area (Å²) in [6, 6.07) is 8.77. The quantitative estimate of drug-likeness (QED) is 0.840. The van der Waals surface area contributed by atoms with Gasteiger partial charge in [-0.1, -0.05) is 25.0 Å². The lowest BCUT2D eigenvalue weighted by Gasteiger charge is -2.23. The fraction of sp³-hybridized carbons (Fsp3) is 0.647. The average Bonchev–Trinajstić information content (AvgIpc) is 3.08. The topological polar surface area (TPSA) is 35.2 Å². The third-order valence-electron chi connectivity index (χ3n) is 4.70. The molecule has 2 nitrogen and oxygen atoms in total. The Labute approximate surface area is 126 Å². The molecule has 0 radical (unpaired) electrons. The Morgan fingerprint density at radius 3 is 2.60 bits per heavy atom. The largest absolute Gasteiger partial charge is 0.371 e. The van der Waals surface area contributed by atoms with Crippen molar-refractivity contribution in [2.75, 3.05) is 5.75 Å². The molecule has 3 rings (SSSR count). The van der Waals surface area contributed by atoms with Crippen LogP contribution in [0.5, 0.6) is 0 Å². The molecule has 1 saturated carbocycles. The Bertz CT molecular complexity index is 437. The van der Waals surface area contributed by atoms with E-state index < -0.39 is 0 Å². The van der Waals surface area contributed by atoms with E-state index in [-0.39, 0.29) is 11.6 Å². The second kappa shape index (κ2) is 6.08. The Balaban J connectivity index is 1.50. The molecule has 2 N–H and O–H groups in total. The average molecular weight is 291 g/mol. The Morgan fingerprint density at radius 2 is 1.95 bits per heavy atom. The minimum Gasteiger partial charge on any atom is -0.371 e. The SMILES string of the molecule is CC(N)c1ccc(SCC2CCC3(CCCC3)O2)cc1. The molecular weight excluding hydrogens is 266 g/mol. The van der Waals surface area contributed by atoms with Crippen molar-refractivity contribution in [3.63, 3.8) is 0 Å². The van der Waals surface area contributed by atoms with Gasteiger partial charge in [0.15, 0.2) is 0 Å². The molecule has 1 heterocycles. The van der Waals surface area contributed by atoms with Crippen LogP contribution < -0.4 is 5.73 Å². The predicted molar refractivity (Wildman–Crippen MR) is 85.1 cm³/mol. The summed E-state index contributed by atoms with van der Waals surface area (Å²) >= 11 is 1.91. The number of ether oxygens (including phenoxy) is 1. The van der Waals surface area contributed by atoms with Crippen LogP contribution in [0.4, 0.5) is 0 Å². The number of thioether (sulfide) groups is 1. The first-order valence-electron chi connectivity index (χ1n) is 7.83. The van der Waals surface area contributed by atoms with Gasteiger partial charge in [0.2, 0.25) is 0 Å². The van der Waals surface area contributed by atoms with E-state index in [1.807, 2.05) is 18.7 Å². The predicted octanol–water partition coefficient (Wildman–Crippen LogP) is 4.29. The molecule has 1 saturated heterocycles.